The number of aromatic nitrogens is 3. The first-order chi connectivity index (χ1) is 11.7. The zero-order chi connectivity index (χ0) is 16.5. The number of likely N-dealkylation sites (tertiary alicyclic amines) is 1. The van der Waals surface area contributed by atoms with E-state index in [0.717, 1.165) is 41.9 Å². The lowest BCUT2D eigenvalue weighted by molar-refractivity contribution is 0.140. The molecule has 0 saturated carbocycles. The normalized spacial score (nSPS) is 21.6. The van der Waals surface area contributed by atoms with Gasteiger partial charge in [-0.1, -0.05) is 24.3 Å². The van der Waals surface area contributed by atoms with E-state index >= 15 is 0 Å². The van der Waals surface area contributed by atoms with Gasteiger partial charge in [-0.25, -0.2) is 4.98 Å². The van der Waals surface area contributed by atoms with Crippen molar-refractivity contribution in [2.24, 2.45) is 13.0 Å². The zero-order valence-corrected chi connectivity index (χ0v) is 13.8. The maximum atomic E-state index is 10.4. The van der Waals surface area contributed by atoms with Crippen LogP contribution in [0.15, 0.2) is 48.8 Å². The average molecular weight is 322 g/mol. The Morgan fingerprint density at radius 1 is 1.17 bits per heavy atom. The van der Waals surface area contributed by atoms with Crippen LogP contribution in [0.1, 0.15) is 11.5 Å². The molecule has 0 amide bonds. The van der Waals surface area contributed by atoms with Crippen LogP contribution in [0, 0.1) is 5.92 Å². The van der Waals surface area contributed by atoms with E-state index in [2.05, 4.69) is 28.1 Å². The quantitative estimate of drug-likeness (QED) is 0.798. The molecule has 0 bridgehead atoms. The van der Waals surface area contributed by atoms with Crippen molar-refractivity contribution < 1.29 is 5.11 Å². The van der Waals surface area contributed by atoms with Crippen molar-refractivity contribution in [3.05, 3.63) is 60.3 Å². The number of para-hydroxylation sites is 1. The molecule has 124 valence electrons. The van der Waals surface area contributed by atoms with E-state index in [9.17, 15) is 5.11 Å². The highest BCUT2D eigenvalue weighted by atomic mass is 16.3. The number of fused-ring (bicyclic) bond motifs is 1. The van der Waals surface area contributed by atoms with E-state index in [-0.39, 0.29) is 12.0 Å². The van der Waals surface area contributed by atoms with Crippen LogP contribution in [0.5, 0.6) is 0 Å². The van der Waals surface area contributed by atoms with Gasteiger partial charge in [0.2, 0.25) is 0 Å². The molecule has 1 saturated heterocycles. The molecule has 0 unspecified atom stereocenters. The molecule has 0 spiro atoms. The minimum Gasteiger partial charge on any atom is -0.391 e. The van der Waals surface area contributed by atoms with Crippen molar-refractivity contribution in [2.45, 2.75) is 19.1 Å². The third kappa shape index (κ3) is 3.05. The lowest BCUT2D eigenvalue weighted by Crippen LogP contribution is -2.23. The fourth-order valence-electron chi connectivity index (χ4n) is 3.51. The van der Waals surface area contributed by atoms with Crippen LogP contribution in [0.2, 0.25) is 0 Å². The van der Waals surface area contributed by atoms with Gasteiger partial charge in [-0.3, -0.25) is 9.88 Å². The Hall–Kier alpha value is -2.24. The number of β-amino-alcohol motifs (C(OH)–C–C–N with tert-alkyl or cyclic N) is 1. The molecule has 1 aromatic carbocycles. The monoisotopic (exact) mass is 322 g/mol. The van der Waals surface area contributed by atoms with Gasteiger partial charge in [0.25, 0.3) is 0 Å². The van der Waals surface area contributed by atoms with E-state index in [4.69, 9.17) is 4.98 Å². The molecule has 0 radical (unpaired) electrons. The summed E-state index contributed by atoms with van der Waals surface area (Å²) in [5.41, 5.74) is 2.07. The largest absolute Gasteiger partial charge is 0.391 e. The molecule has 5 nitrogen and oxygen atoms in total. The van der Waals surface area contributed by atoms with Crippen molar-refractivity contribution in [2.75, 3.05) is 13.1 Å². The lowest BCUT2D eigenvalue weighted by Gasteiger charge is -2.15. The Labute approximate surface area is 141 Å². The van der Waals surface area contributed by atoms with Crippen molar-refractivity contribution in [3.63, 3.8) is 0 Å². The van der Waals surface area contributed by atoms with Gasteiger partial charge in [0.15, 0.2) is 0 Å². The lowest BCUT2D eigenvalue weighted by atomic mass is 9.99. The van der Waals surface area contributed by atoms with Crippen LogP contribution in [0.3, 0.4) is 0 Å². The summed E-state index contributed by atoms with van der Waals surface area (Å²) in [4.78, 5) is 11.4. The predicted molar refractivity (Wildman–Crippen MR) is 93.4 cm³/mol. The van der Waals surface area contributed by atoms with E-state index in [1.807, 2.05) is 42.2 Å². The SMILES string of the molecule is Cn1ccnc1CN1C[C@@H](Cc2ccc3ccccc3n2)[C@H](O)C1. The molecule has 24 heavy (non-hydrogen) atoms. The molecule has 1 N–H and O–H groups in total. The second kappa shape index (κ2) is 6.34. The van der Waals surface area contributed by atoms with Gasteiger partial charge in [0.1, 0.15) is 5.82 Å². The van der Waals surface area contributed by atoms with Gasteiger partial charge in [-0.15, -0.1) is 0 Å². The Balaban J connectivity index is 1.45. The molecule has 3 aromatic rings. The highest BCUT2D eigenvalue weighted by Crippen LogP contribution is 2.23. The Morgan fingerprint density at radius 3 is 2.88 bits per heavy atom. The smallest absolute Gasteiger partial charge is 0.122 e. The standard InChI is InChI=1S/C19H22N4O/c1-22-9-8-20-19(22)13-23-11-15(18(24)12-23)10-16-7-6-14-4-2-3-5-17(14)21-16/h2-9,15,18,24H,10-13H2,1H3/t15-,18-/m1/s1. The molecule has 1 fully saturated rings. The van der Waals surface area contributed by atoms with Crippen molar-refractivity contribution in [3.8, 4) is 0 Å². The molecular formula is C19H22N4O. The molecule has 0 aliphatic carbocycles. The van der Waals surface area contributed by atoms with E-state index < -0.39 is 0 Å². The van der Waals surface area contributed by atoms with E-state index in [1.165, 1.54) is 0 Å². The minimum absolute atomic E-state index is 0.221. The van der Waals surface area contributed by atoms with Crippen LogP contribution in [0.4, 0.5) is 0 Å². The van der Waals surface area contributed by atoms with Crippen molar-refractivity contribution >= 4 is 10.9 Å². The van der Waals surface area contributed by atoms with Gasteiger partial charge in [-0.05, 0) is 18.6 Å². The van der Waals surface area contributed by atoms with Crippen LogP contribution in [-0.2, 0) is 20.0 Å². The summed E-state index contributed by atoms with van der Waals surface area (Å²) in [5, 5.41) is 11.6. The third-order valence-electron chi connectivity index (χ3n) is 4.90. The van der Waals surface area contributed by atoms with Crippen LogP contribution in [-0.4, -0.2) is 43.7 Å². The number of hydrogen-bond acceptors (Lipinski definition) is 4. The summed E-state index contributed by atoms with van der Waals surface area (Å²) < 4.78 is 2.03. The van der Waals surface area contributed by atoms with Crippen molar-refractivity contribution in [1.82, 2.24) is 19.4 Å². The second-order valence-corrected chi connectivity index (χ2v) is 6.68. The number of benzene rings is 1. The Morgan fingerprint density at radius 2 is 2.04 bits per heavy atom. The average Bonchev–Trinajstić information content (AvgIpc) is 3.14. The van der Waals surface area contributed by atoms with Crippen molar-refractivity contribution in [1.29, 1.82) is 0 Å². The number of rotatable bonds is 4. The molecule has 4 rings (SSSR count). The van der Waals surface area contributed by atoms with Crippen LogP contribution in [0.25, 0.3) is 10.9 Å². The number of aliphatic hydroxyl groups is 1. The topological polar surface area (TPSA) is 54.2 Å². The van der Waals surface area contributed by atoms with E-state index in [1.54, 1.807) is 0 Å². The first kappa shape index (κ1) is 15.3. The van der Waals surface area contributed by atoms with Gasteiger partial charge in [0.05, 0.1) is 18.2 Å². The summed E-state index contributed by atoms with van der Waals surface area (Å²) in [7, 11) is 2.01. The van der Waals surface area contributed by atoms with E-state index in [0.29, 0.717) is 6.54 Å². The fourth-order valence-corrected chi connectivity index (χ4v) is 3.51. The summed E-state index contributed by atoms with van der Waals surface area (Å²) in [6.45, 7) is 2.36. The van der Waals surface area contributed by atoms with Gasteiger partial charge in [0, 0.05) is 49.5 Å². The predicted octanol–water partition coefficient (Wildman–Crippen LogP) is 2.00. The number of pyridine rings is 1. The molecule has 2 atom stereocenters. The first-order valence-corrected chi connectivity index (χ1v) is 8.40. The molecule has 1 aliphatic rings. The summed E-state index contributed by atoms with van der Waals surface area (Å²) in [6.07, 6.45) is 4.28. The van der Waals surface area contributed by atoms with Gasteiger partial charge in [-0.2, -0.15) is 0 Å². The number of imidazole rings is 1. The zero-order valence-electron chi connectivity index (χ0n) is 13.8. The minimum atomic E-state index is -0.307. The summed E-state index contributed by atoms with van der Waals surface area (Å²) in [6, 6.07) is 12.3. The fraction of sp³-hybridized carbons (Fsp3) is 0.368. The Kier molecular flexibility index (Phi) is 4.04. The molecule has 3 heterocycles. The molecule has 5 heteroatoms. The summed E-state index contributed by atoms with van der Waals surface area (Å²) >= 11 is 0. The van der Waals surface area contributed by atoms with Gasteiger partial charge < -0.3 is 9.67 Å². The van der Waals surface area contributed by atoms with Crippen LogP contribution < -0.4 is 0 Å². The second-order valence-electron chi connectivity index (χ2n) is 6.68. The number of aliphatic hydroxyl groups excluding tert-OH is 1. The third-order valence-corrected chi connectivity index (χ3v) is 4.90. The maximum Gasteiger partial charge on any atom is 0.122 e. The molecule has 2 aromatic heterocycles. The number of hydrogen-bond donors (Lipinski definition) is 1. The molecule has 1 aliphatic heterocycles. The van der Waals surface area contributed by atoms with Gasteiger partial charge >= 0.3 is 0 Å². The highest BCUT2D eigenvalue weighted by Gasteiger charge is 2.32. The summed E-state index contributed by atoms with van der Waals surface area (Å²) in [5.74, 6) is 1.26. The maximum absolute atomic E-state index is 10.4. The molecular weight excluding hydrogens is 300 g/mol. The van der Waals surface area contributed by atoms with Crippen LogP contribution >= 0.6 is 0 Å². The number of aryl methyl sites for hydroxylation is 1. The number of nitrogens with zero attached hydrogens (tertiary/aromatic N) is 4. The highest BCUT2D eigenvalue weighted by molar-refractivity contribution is 5.78. The first-order valence-electron chi connectivity index (χ1n) is 8.40. The Bertz CT molecular complexity index is 844.